The Morgan fingerprint density at radius 3 is 2.60 bits per heavy atom. The Balaban J connectivity index is 2.47. The predicted molar refractivity (Wildman–Crippen MR) is 55.4 cm³/mol. The number of aliphatic carboxylic acids is 1. The highest BCUT2D eigenvalue weighted by atomic mass is 16.4. The highest BCUT2D eigenvalue weighted by Gasteiger charge is 2.15. The highest BCUT2D eigenvalue weighted by Crippen LogP contribution is 2.04. The fraction of sp³-hybridized carbons (Fsp3) is 0.273. The average molecular weight is 207 g/mol. The summed E-state index contributed by atoms with van der Waals surface area (Å²) in [4.78, 5) is 20.8. The van der Waals surface area contributed by atoms with Crippen LogP contribution in [-0.4, -0.2) is 23.5 Å². The number of aryl methyl sites for hydroxylation is 1. The van der Waals surface area contributed by atoms with Crippen LogP contribution < -0.4 is 5.32 Å². The molecule has 0 fully saturated rings. The Hall–Kier alpha value is -1.84. The van der Waals surface area contributed by atoms with Crippen molar-refractivity contribution in [2.45, 2.75) is 18.9 Å². The van der Waals surface area contributed by atoms with Crippen molar-refractivity contribution in [2.75, 3.05) is 0 Å². The van der Waals surface area contributed by atoms with E-state index >= 15 is 0 Å². The first kappa shape index (κ1) is 11.2. The maximum Gasteiger partial charge on any atom is 0.326 e. The standard InChI is InChI=1S/C11H13NO3/c13-8-12-10(11(14)15)7-6-9-4-2-1-3-5-9/h1-5,8,10H,6-7H2,(H,12,13)(H,14,15)/t10-/m0/s1. The lowest BCUT2D eigenvalue weighted by molar-refractivity contribution is -0.140. The van der Waals surface area contributed by atoms with Gasteiger partial charge in [0.05, 0.1) is 0 Å². The SMILES string of the molecule is O=CN[C@@H](CCc1ccccc1)C(=O)O. The Labute approximate surface area is 87.9 Å². The number of hydrogen-bond donors (Lipinski definition) is 2. The molecule has 0 bridgehead atoms. The minimum absolute atomic E-state index is 0.401. The molecule has 1 atom stereocenters. The second-order valence-electron chi connectivity index (χ2n) is 3.20. The molecule has 0 heterocycles. The van der Waals surface area contributed by atoms with Crippen molar-refractivity contribution < 1.29 is 14.7 Å². The molecule has 0 aromatic heterocycles. The van der Waals surface area contributed by atoms with Gasteiger partial charge in [-0.15, -0.1) is 0 Å². The van der Waals surface area contributed by atoms with E-state index in [-0.39, 0.29) is 0 Å². The van der Waals surface area contributed by atoms with E-state index in [4.69, 9.17) is 5.11 Å². The number of carbonyl (C=O) groups excluding carboxylic acids is 1. The highest BCUT2D eigenvalue weighted by molar-refractivity contribution is 5.76. The molecule has 1 aromatic rings. The number of rotatable bonds is 6. The predicted octanol–water partition coefficient (Wildman–Crippen LogP) is 0.818. The average Bonchev–Trinajstić information content (AvgIpc) is 2.25. The van der Waals surface area contributed by atoms with E-state index in [9.17, 15) is 9.59 Å². The summed E-state index contributed by atoms with van der Waals surface area (Å²) in [6.45, 7) is 0. The number of hydrogen-bond acceptors (Lipinski definition) is 2. The van der Waals surface area contributed by atoms with E-state index in [0.29, 0.717) is 19.3 Å². The van der Waals surface area contributed by atoms with Crippen LogP contribution in [0.4, 0.5) is 0 Å². The van der Waals surface area contributed by atoms with Crippen LogP contribution in [0, 0.1) is 0 Å². The summed E-state index contributed by atoms with van der Waals surface area (Å²) in [6, 6.07) is 8.76. The molecule has 0 aliphatic heterocycles. The van der Waals surface area contributed by atoms with E-state index in [1.165, 1.54) is 0 Å². The van der Waals surface area contributed by atoms with Gasteiger partial charge in [0, 0.05) is 0 Å². The van der Waals surface area contributed by atoms with Gasteiger partial charge in [-0.1, -0.05) is 30.3 Å². The molecule has 1 rings (SSSR count). The summed E-state index contributed by atoms with van der Waals surface area (Å²) < 4.78 is 0. The molecule has 4 nitrogen and oxygen atoms in total. The number of carbonyl (C=O) groups is 2. The van der Waals surface area contributed by atoms with Gasteiger partial charge in [0.25, 0.3) is 0 Å². The molecule has 0 saturated heterocycles. The molecule has 2 N–H and O–H groups in total. The monoisotopic (exact) mass is 207 g/mol. The lowest BCUT2D eigenvalue weighted by atomic mass is 10.1. The number of benzene rings is 1. The second kappa shape index (κ2) is 5.80. The van der Waals surface area contributed by atoms with E-state index in [0.717, 1.165) is 5.56 Å². The van der Waals surface area contributed by atoms with E-state index in [1.54, 1.807) is 0 Å². The van der Waals surface area contributed by atoms with Crippen LogP contribution in [0.25, 0.3) is 0 Å². The second-order valence-corrected chi connectivity index (χ2v) is 3.20. The van der Waals surface area contributed by atoms with Crippen LogP contribution in [0.15, 0.2) is 30.3 Å². The molecule has 0 saturated carbocycles. The van der Waals surface area contributed by atoms with Crippen LogP contribution in [-0.2, 0) is 16.0 Å². The van der Waals surface area contributed by atoms with Crippen LogP contribution in [0.1, 0.15) is 12.0 Å². The summed E-state index contributed by atoms with van der Waals surface area (Å²) >= 11 is 0. The van der Waals surface area contributed by atoms with Crippen molar-refractivity contribution in [3.05, 3.63) is 35.9 Å². The molecule has 80 valence electrons. The van der Waals surface area contributed by atoms with Crippen LogP contribution in [0.5, 0.6) is 0 Å². The first-order valence-corrected chi connectivity index (χ1v) is 4.70. The number of amides is 1. The van der Waals surface area contributed by atoms with Gasteiger partial charge in [0.2, 0.25) is 6.41 Å². The fourth-order valence-corrected chi connectivity index (χ4v) is 1.32. The zero-order valence-electron chi connectivity index (χ0n) is 8.22. The maximum atomic E-state index is 10.7. The van der Waals surface area contributed by atoms with Crippen molar-refractivity contribution in [3.63, 3.8) is 0 Å². The molecule has 0 aliphatic rings. The topological polar surface area (TPSA) is 66.4 Å². The first-order valence-electron chi connectivity index (χ1n) is 4.70. The van der Waals surface area contributed by atoms with Gasteiger partial charge in [-0.2, -0.15) is 0 Å². The lowest BCUT2D eigenvalue weighted by Crippen LogP contribution is -2.36. The molecular weight excluding hydrogens is 194 g/mol. The van der Waals surface area contributed by atoms with Crippen molar-refractivity contribution in [3.8, 4) is 0 Å². The lowest BCUT2D eigenvalue weighted by Gasteiger charge is -2.10. The molecule has 0 unspecified atom stereocenters. The molecule has 0 radical (unpaired) electrons. The zero-order chi connectivity index (χ0) is 11.1. The zero-order valence-corrected chi connectivity index (χ0v) is 8.22. The van der Waals surface area contributed by atoms with Crippen LogP contribution in [0.3, 0.4) is 0 Å². The summed E-state index contributed by atoms with van der Waals surface area (Å²) in [5, 5.41) is 11.0. The van der Waals surface area contributed by atoms with E-state index in [1.807, 2.05) is 30.3 Å². The first-order chi connectivity index (χ1) is 7.24. The number of carboxylic acids is 1. The summed E-state index contributed by atoms with van der Waals surface area (Å²) in [6.07, 6.45) is 1.46. The maximum absolute atomic E-state index is 10.7. The minimum Gasteiger partial charge on any atom is -0.480 e. The molecular formula is C11H13NO3. The normalized spacial score (nSPS) is 11.7. The fourth-order valence-electron chi connectivity index (χ4n) is 1.32. The Kier molecular flexibility index (Phi) is 4.34. The van der Waals surface area contributed by atoms with Crippen LogP contribution in [0.2, 0.25) is 0 Å². The third-order valence-corrected chi connectivity index (χ3v) is 2.13. The molecule has 0 aliphatic carbocycles. The third-order valence-electron chi connectivity index (χ3n) is 2.13. The quantitative estimate of drug-likeness (QED) is 0.678. The number of nitrogens with one attached hydrogen (secondary N) is 1. The van der Waals surface area contributed by atoms with Crippen LogP contribution >= 0.6 is 0 Å². The van der Waals surface area contributed by atoms with Crippen molar-refractivity contribution in [2.24, 2.45) is 0 Å². The molecule has 1 amide bonds. The minimum atomic E-state index is -1.00. The van der Waals surface area contributed by atoms with E-state index in [2.05, 4.69) is 5.32 Å². The number of carboxylic acid groups (broad SMARTS) is 1. The summed E-state index contributed by atoms with van der Waals surface area (Å²) in [5.74, 6) is -1.00. The van der Waals surface area contributed by atoms with Gasteiger partial charge in [-0.3, -0.25) is 4.79 Å². The Morgan fingerprint density at radius 1 is 1.40 bits per heavy atom. The van der Waals surface area contributed by atoms with Gasteiger partial charge in [0.15, 0.2) is 0 Å². The molecule has 1 aromatic carbocycles. The third kappa shape index (κ3) is 3.81. The molecule has 15 heavy (non-hydrogen) atoms. The van der Waals surface area contributed by atoms with Crippen molar-refractivity contribution in [1.29, 1.82) is 0 Å². The summed E-state index contributed by atoms with van der Waals surface area (Å²) in [7, 11) is 0. The smallest absolute Gasteiger partial charge is 0.326 e. The molecule has 4 heteroatoms. The van der Waals surface area contributed by atoms with Crippen molar-refractivity contribution in [1.82, 2.24) is 5.32 Å². The van der Waals surface area contributed by atoms with Gasteiger partial charge >= 0.3 is 5.97 Å². The van der Waals surface area contributed by atoms with Gasteiger partial charge in [0.1, 0.15) is 6.04 Å². The van der Waals surface area contributed by atoms with Gasteiger partial charge < -0.3 is 10.4 Å². The Bertz CT molecular complexity index is 324. The molecule has 0 spiro atoms. The van der Waals surface area contributed by atoms with E-state index < -0.39 is 12.0 Å². The summed E-state index contributed by atoms with van der Waals surface area (Å²) in [5.41, 5.74) is 1.07. The van der Waals surface area contributed by atoms with Crippen molar-refractivity contribution >= 4 is 12.4 Å². The van der Waals surface area contributed by atoms with Gasteiger partial charge in [-0.05, 0) is 18.4 Å². The van der Waals surface area contributed by atoms with Gasteiger partial charge in [-0.25, -0.2) is 4.79 Å². The largest absolute Gasteiger partial charge is 0.480 e. The Morgan fingerprint density at radius 2 is 2.07 bits per heavy atom.